The van der Waals surface area contributed by atoms with E-state index in [2.05, 4.69) is 65.5 Å². The number of ether oxygens (including phenoxy) is 1. The number of methoxy groups -OCH3 is 1. The third kappa shape index (κ3) is 3.11. The van der Waals surface area contributed by atoms with Crippen LogP contribution in [0.2, 0.25) is 0 Å². The first-order valence-electron chi connectivity index (χ1n) is 9.08. The Kier molecular flexibility index (Phi) is 4.48. The van der Waals surface area contributed by atoms with Gasteiger partial charge in [0.2, 0.25) is 0 Å². The van der Waals surface area contributed by atoms with Crippen LogP contribution in [0.3, 0.4) is 0 Å². The summed E-state index contributed by atoms with van der Waals surface area (Å²) in [6, 6.07) is 17.9. The number of carbonyl (C=O) groups is 1. The predicted octanol–water partition coefficient (Wildman–Crippen LogP) is 4.31. The fourth-order valence-corrected chi connectivity index (χ4v) is 4.05. The number of carbonyl (C=O) groups excluding carboxylic acids is 1. The highest BCUT2D eigenvalue weighted by Crippen LogP contribution is 2.44. The van der Waals surface area contributed by atoms with E-state index < -0.39 is 0 Å². The lowest BCUT2D eigenvalue weighted by Crippen LogP contribution is -2.35. The van der Waals surface area contributed by atoms with E-state index in [1.54, 1.807) is 6.08 Å². The lowest BCUT2D eigenvalue weighted by molar-refractivity contribution is -0.134. The second-order valence-electron chi connectivity index (χ2n) is 7.07. The molecule has 0 amide bonds. The summed E-state index contributed by atoms with van der Waals surface area (Å²) in [5.74, 6) is -0.338. The van der Waals surface area contributed by atoms with Gasteiger partial charge in [0.05, 0.1) is 13.2 Å². The molecular weight excluding hydrogens is 322 g/mol. The van der Waals surface area contributed by atoms with Crippen LogP contribution >= 0.6 is 0 Å². The van der Waals surface area contributed by atoms with Crippen LogP contribution in [-0.2, 0) is 16.0 Å². The lowest BCUT2D eigenvalue weighted by atomic mass is 9.87. The van der Waals surface area contributed by atoms with Crippen molar-refractivity contribution >= 4 is 17.6 Å². The van der Waals surface area contributed by atoms with Crippen molar-refractivity contribution in [3.8, 4) is 0 Å². The zero-order valence-corrected chi connectivity index (χ0v) is 15.2. The van der Waals surface area contributed by atoms with Crippen LogP contribution in [0, 0.1) is 0 Å². The number of nitrogens with one attached hydrogen (secondary N) is 1. The molecule has 1 aliphatic carbocycles. The first-order valence-corrected chi connectivity index (χ1v) is 9.08. The summed E-state index contributed by atoms with van der Waals surface area (Å²) < 4.78 is 4.64. The van der Waals surface area contributed by atoms with Crippen LogP contribution < -0.4 is 5.32 Å². The molecule has 0 spiro atoms. The first-order chi connectivity index (χ1) is 12.7. The van der Waals surface area contributed by atoms with Gasteiger partial charge in [0, 0.05) is 12.1 Å². The molecule has 2 aliphatic rings. The number of hydrogen-bond acceptors (Lipinski definition) is 3. The first kappa shape index (κ1) is 16.8. The summed E-state index contributed by atoms with van der Waals surface area (Å²) in [4.78, 5) is 11.2. The number of fused-ring (bicyclic) bond motifs is 2. The molecule has 0 fully saturated rings. The molecule has 2 aromatic carbocycles. The van der Waals surface area contributed by atoms with E-state index in [9.17, 15) is 4.79 Å². The Morgan fingerprint density at radius 2 is 1.92 bits per heavy atom. The zero-order chi connectivity index (χ0) is 18.1. The van der Waals surface area contributed by atoms with Gasteiger partial charge in [-0.25, -0.2) is 4.79 Å². The van der Waals surface area contributed by atoms with Crippen LogP contribution in [0.4, 0.5) is 0 Å². The third-order valence-corrected chi connectivity index (χ3v) is 5.30. The molecule has 3 heteroatoms. The molecule has 0 bridgehead atoms. The standard InChI is InChI=1S/C23H23NO2/c1-15-13-20-19-6-4-3-5-18(19)14-21(20)23(24-15)17-10-7-16(8-11-17)9-12-22(25)26-2/h3-12,15,23-24H,13-14H2,1-2H3/b12-9+/t15-,23-/m1/s1. The molecule has 2 aromatic rings. The minimum atomic E-state index is -0.338. The van der Waals surface area contributed by atoms with Crippen molar-refractivity contribution < 1.29 is 9.53 Å². The fraction of sp³-hybridized carbons (Fsp3) is 0.261. The van der Waals surface area contributed by atoms with Crippen molar-refractivity contribution in [2.75, 3.05) is 7.11 Å². The van der Waals surface area contributed by atoms with Crippen LogP contribution in [0.25, 0.3) is 11.6 Å². The molecule has 0 aromatic heterocycles. The number of benzene rings is 2. The van der Waals surface area contributed by atoms with Gasteiger partial charge in [-0.05, 0) is 59.2 Å². The Morgan fingerprint density at radius 3 is 2.69 bits per heavy atom. The zero-order valence-electron chi connectivity index (χ0n) is 15.2. The Bertz CT molecular complexity index is 893. The van der Waals surface area contributed by atoms with Crippen molar-refractivity contribution in [2.24, 2.45) is 0 Å². The van der Waals surface area contributed by atoms with Gasteiger partial charge >= 0.3 is 5.97 Å². The van der Waals surface area contributed by atoms with Gasteiger partial charge in [-0.15, -0.1) is 0 Å². The molecule has 0 radical (unpaired) electrons. The van der Waals surface area contributed by atoms with Crippen LogP contribution in [0.15, 0.2) is 60.2 Å². The Labute approximate surface area is 154 Å². The summed E-state index contributed by atoms with van der Waals surface area (Å²) >= 11 is 0. The van der Waals surface area contributed by atoms with E-state index >= 15 is 0 Å². The lowest BCUT2D eigenvalue weighted by Gasteiger charge is -2.32. The Hall–Kier alpha value is -2.65. The molecule has 4 rings (SSSR count). The van der Waals surface area contributed by atoms with Crippen molar-refractivity contribution in [2.45, 2.75) is 31.8 Å². The van der Waals surface area contributed by atoms with Crippen molar-refractivity contribution in [1.82, 2.24) is 5.32 Å². The molecule has 2 atom stereocenters. The molecule has 0 unspecified atom stereocenters. The normalized spacial score (nSPS) is 21.6. The summed E-state index contributed by atoms with van der Waals surface area (Å²) in [7, 11) is 1.39. The average Bonchev–Trinajstić information content (AvgIpc) is 3.04. The SMILES string of the molecule is COC(=O)/C=C/c1ccc([C@H]2N[C@H](C)CC3=C2Cc2ccccc23)cc1. The second-order valence-corrected chi connectivity index (χ2v) is 7.07. The van der Waals surface area contributed by atoms with Crippen LogP contribution in [0.1, 0.15) is 41.6 Å². The maximum atomic E-state index is 11.2. The molecular formula is C23H23NO2. The van der Waals surface area contributed by atoms with E-state index in [0.29, 0.717) is 6.04 Å². The monoisotopic (exact) mass is 345 g/mol. The topological polar surface area (TPSA) is 38.3 Å². The van der Waals surface area contributed by atoms with Gasteiger partial charge in [-0.3, -0.25) is 0 Å². The summed E-state index contributed by atoms with van der Waals surface area (Å²) in [6.07, 6.45) is 5.34. The van der Waals surface area contributed by atoms with Gasteiger partial charge in [0.1, 0.15) is 0 Å². The van der Waals surface area contributed by atoms with E-state index in [-0.39, 0.29) is 12.0 Å². The highest BCUT2D eigenvalue weighted by Gasteiger charge is 2.32. The second kappa shape index (κ2) is 6.93. The maximum Gasteiger partial charge on any atom is 0.330 e. The molecule has 1 N–H and O–H groups in total. The smallest absolute Gasteiger partial charge is 0.330 e. The minimum Gasteiger partial charge on any atom is -0.466 e. The molecule has 3 nitrogen and oxygen atoms in total. The van der Waals surface area contributed by atoms with E-state index in [4.69, 9.17) is 0 Å². The van der Waals surface area contributed by atoms with Gasteiger partial charge in [0.15, 0.2) is 0 Å². The van der Waals surface area contributed by atoms with E-state index in [1.165, 1.54) is 41.0 Å². The number of esters is 1. The summed E-state index contributed by atoms with van der Waals surface area (Å²) in [5, 5.41) is 3.77. The largest absolute Gasteiger partial charge is 0.466 e. The summed E-state index contributed by atoms with van der Waals surface area (Å²) in [5.41, 5.74) is 8.15. The van der Waals surface area contributed by atoms with Crippen molar-refractivity contribution in [3.05, 3.63) is 82.4 Å². The maximum absolute atomic E-state index is 11.2. The predicted molar refractivity (Wildman–Crippen MR) is 105 cm³/mol. The molecule has 0 saturated heterocycles. The van der Waals surface area contributed by atoms with Gasteiger partial charge in [0.25, 0.3) is 0 Å². The van der Waals surface area contributed by atoms with E-state index in [1.807, 2.05) is 0 Å². The number of hydrogen-bond donors (Lipinski definition) is 1. The molecule has 132 valence electrons. The van der Waals surface area contributed by atoms with Crippen LogP contribution in [-0.4, -0.2) is 19.1 Å². The molecule has 1 aliphatic heterocycles. The minimum absolute atomic E-state index is 0.250. The Balaban J connectivity index is 1.62. The quantitative estimate of drug-likeness (QED) is 0.666. The third-order valence-electron chi connectivity index (χ3n) is 5.30. The van der Waals surface area contributed by atoms with Crippen LogP contribution in [0.5, 0.6) is 0 Å². The van der Waals surface area contributed by atoms with E-state index in [0.717, 1.165) is 18.4 Å². The molecule has 26 heavy (non-hydrogen) atoms. The van der Waals surface area contributed by atoms with Gasteiger partial charge in [-0.1, -0.05) is 48.5 Å². The average molecular weight is 345 g/mol. The highest BCUT2D eigenvalue weighted by atomic mass is 16.5. The molecule has 1 heterocycles. The van der Waals surface area contributed by atoms with Gasteiger partial charge in [-0.2, -0.15) is 0 Å². The highest BCUT2D eigenvalue weighted by molar-refractivity contribution is 5.87. The Morgan fingerprint density at radius 1 is 1.15 bits per heavy atom. The van der Waals surface area contributed by atoms with Crippen molar-refractivity contribution in [3.63, 3.8) is 0 Å². The van der Waals surface area contributed by atoms with Crippen molar-refractivity contribution in [1.29, 1.82) is 0 Å². The fourth-order valence-electron chi connectivity index (χ4n) is 4.05. The molecule has 0 saturated carbocycles. The van der Waals surface area contributed by atoms with Gasteiger partial charge < -0.3 is 10.1 Å². The summed E-state index contributed by atoms with van der Waals surface area (Å²) in [6.45, 7) is 2.26. The number of rotatable bonds is 3.